The van der Waals surface area contributed by atoms with Gasteiger partial charge in [-0.05, 0) is 50.2 Å². The molecule has 0 amide bonds. The predicted octanol–water partition coefficient (Wildman–Crippen LogP) is 5.94. The van der Waals surface area contributed by atoms with Crippen LogP contribution in [0.25, 0.3) is 0 Å². The van der Waals surface area contributed by atoms with Gasteiger partial charge in [-0.15, -0.1) is 0 Å². The molecular weight excluding hydrogens is 327 g/mol. The van der Waals surface area contributed by atoms with Crippen LogP contribution in [-0.4, -0.2) is 13.2 Å². The van der Waals surface area contributed by atoms with Crippen molar-refractivity contribution in [1.82, 2.24) is 0 Å². The summed E-state index contributed by atoms with van der Waals surface area (Å²) < 4.78 is 11.3. The van der Waals surface area contributed by atoms with E-state index in [2.05, 4.69) is 0 Å². The van der Waals surface area contributed by atoms with Gasteiger partial charge in [0.05, 0.1) is 23.0 Å². The third-order valence-electron chi connectivity index (χ3n) is 2.63. The normalized spacial score (nSPS) is 10.5. The summed E-state index contributed by atoms with van der Waals surface area (Å²) in [4.78, 5) is 1.88. The molecule has 0 spiro atoms. The number of hydrogen-bond donors (Lipinski definition) is 0. The third kappa shape index (κ3) is 4.47. The predicted molar refractivity (Wildman–Crippen MR) is 89.4 cm³/mol. The molecule has 2 aromatic rings. The maximum atomic E-state index is 6.09. The van der Waals surface area contributed by atoms with E-state index >= 15 is 0 Å². The minimum Gasteiger partial charge on any atom is -0.493 e. The minimum absolute atomic E-state index is 0.600. The van der Waals surface area contributed by atoms with Crippen LogP contribution in [0.5, 0.6) is 11.5 Å². The van der Waals surface area contributed by atoms with Crippen molar-refractivity contribution in [2.24, 2.45) is 0 Å². The highest BCUT2D eigenvalue weighted by Crippen LogP contribution is 2.41. The molecule has 0 saturated heterocycles. The maximum Gasteiger partial charge on any atom is 0.133 e. The molecule has 0 N–H and O–H groups in total. The summed E-state index contributed by atoms with van der Waals surface area (Å²) in [6.45, 7) is 5.11. The Morgan fingerprint density at radius 2 is 1.24 bits per heavy atom. The van der Waals surface area contributed by atoms with Gasteiger partial charge in [0, 0.05) is 10.0 Å². The first kappa shape index (κ1) is 16.3. The van der Waals surface area contributed by atoms with Crippen molar-refractivity contribution in [1.29, 1.82) is 0 Å². The van der Waals surface area contributed by atoms with E-state index in [1.807, 2.05) is 50.2 Å². The van der Waals surface area contributed by atoms with Crippen molar-refractivity contribution in [2.45, 2.75) is 23.6 Å². The Morgan fingerprint density at radius 1 is 0.810 bits per heavy atom. The molecule has 0 bridgehead atoms. The second kappa shape index (κ2) is 7.83. The van der Waals surface area contributed by atoms with E-state index in [1.54, 1.807) is 0 Å². The SMILES string of the molecule is CCOc1ccc(Cl)cc1Sc1cc(Cl)ccc1OCC. The van der Waals surface area contributed by atoms with Crippen LogP contribution >= 0.6 is 35.0 Å². The van der Waals surface area contributed by atoms with E-state index in [0.717, 1.165) is 21.3 Å². The summed E-state index contributed by atoms with van der Waals surface area (Å²) in [6, 6.07) is 11.1. The first-order chi connectivity index (χ1) is 10.1. The largest absolute Gasteiger partial charge is 0.493 e. The lowest BCUT2D eigenvalue weighted by molar-refractivity contribution is 0.330. The fraction of sp³-hybridized carbons (Fsp3) is 0.250. The number of benzene rings is 2. The fourth-order valence-electron chi connectivity index (χ4n) is 1.79. The molecule has 5 heteroatoms. The second-order valence-electron chi connectivity index (χ2n) is 4.15. The standard InChI is InChI=1S/C16H16Cl2O2S/c1-3-19-13-7-5-11(17)9-15(13)21-16-10-12(18)6-8-14(16)20-4-2/h5-10H,3-4H2,1-2H3. The van der Waals surface area contributed by atoms with Crippen LogP contribution in [0.1, 0.15) is 13.8 Å². The molecule has 0 atom stereocenters. The molecule has 0 aliphatic heterocycles. The van der Waals surface area contributed by atoms with Crippen LogP contribution < -0.4 is 9.47 Å². The van der Waals surface area contributed by atoms with Crippen LogP contribution in [0, 0.1) is 0 Å². The Balaban J connectivity index is 2.37. The average molecular weight is 343 g/mol. The Labute approximate surface area is 139 Å². The molecule has 2 nitrogen and oxygen atoms in total. The molecular formula is C16H16Cl2O2S. The molecule has 0 radical (unpaired) electrons. The summed E-state index contributed by atoms with van der Waals surface area (Å²) >= 11 is 13.7. The topological polar surface area (TPSA) is 18.5 Å². The fourth-order valence-corrected chi connectivity index (χ4v) is 3.33. The van der Waals surface area contributed by atoms with E-state index < -0.39 is 0 Å². The minimum atomic E-state index is 0.600. The molecule has 112 valence electrons. The molecule has 0 aliphatic rings. The molecule has 2 rings (SSSR count). The summed E-state index contributed by atoms with van der Waals surface area (Å²) in [6.07, 6.45) is 0. The van der Waals surface area contributed by atoms with Crippen molar-refractivity contribution in [3.8, 4) is 11.5 Å². The van der Waals surface area contributed by atoms with Crippen LogP contribution in [-0.2, 0) is 0 Å². The summed E-state index contributed by atoms with van der Waals surface area (Å²) in [5, 5.41) is 1.34. The Morgan fingerprint density at radius 3 is 1.62 bits per heavy atom. The molecule has 0 aromatic heterocycles. The van der Waals surface area contributed by atoms with E-state index in [1.165, 1.54) is 11.8 Å². The molecule has 0 aliphatic carbocycles. The Hall–Kier alpha value is -1.03. The van der Waals surface area contributed by atoms with Gasteiger partial charge in [0.1, 0.15) is 11.5 Å². The lowest BCUT2D eigenvalue weighted by atomic mass is 10.3. The van der Waals surface area contributed by atoms with E-state index in [0.29, 0.717) is 23.3 Å². The number of rotatable bonds is 6. The van der Waals surface area contributed by atoms with Crippen LogP contribution in [0.2, 0.25) is 10.0 Å². The van der Waals surface area contributed by atoms with Gasteiger partial charge in [-0.3, -0.25) is 0 Å². The molecule has 2 aromatic carbocycles. The van der Waals surface area contributed by atoms with Gasteiger partial charge in [-0.1, -0.05) is 35.0 Å². The quantitative estimate of drug-likeness (QED) is 0.646. The highest BCUT2D eigenvalue weighted by Gasteiger charge is 2.11. The second-order valence-corrected chi connectivity index (χ2v) is 6.11. The molecule has 21 heavy (non-hydrogen) atoms. The highest BCUT2D eigenvalue weighted by molar-refractivity contribution is 7.99. The van der Waals surface area contributed by atoms with Crippen LogP contribution in [0.15, 0.2) is 46.2 Å². The first-order valence-corrected chi connectivity index (χ1v) is 8.23. The van der Waals surface area contributed by atoms with E-state index in [4.69, 9.17) is 32.7 Å². The van der Waals surface area contributed by atoms with Crippen molar-refractivity contribution in [3.63, 3.8) is 0 Å². The van der Waals surface area contributed by atoms with Crippen molar-refractivity contribution >= 4 is 35.0 Å². The van der Waals surface area contributed by atoms with Gasteiger partial charge >= 0.3 is 0 Å². The number of hydrogen-bond acceptors (Lipinski definition) is 3. The van der Waals surface area contributed by atoms with Crippen molar-refractivity contribution < 1.29 is 9.47 Å². The van der Waals surface area contributed by atoms with Crippen LogP contribution in [0.4, 0.5) is 0 Å². The third-order valence-corrected chi connectivity index (χ3v) is 4.18. The zero-order chi connectivity index (χ0) is 15.2. The van der Waals surface area contributed by atoms with Gasteiger partial charge < -0.3 is 9.47 Å². The monoisotopic (exact) mass is 342 g/mol. The number of halogens is 2. The highest BCUT2D eigenvalue weighted by atomic mass is 35.5. The summed E-state index contributed by atoms with van der Waals surface area (Å²) in [5.74, 6) is 1.60. The maximum absolute atomic E-state index is 6.09. The number of ether oxygens (including phenoxy) is 2. The van der Waals surface area contributed by atoms with Gasteiger partial charge in [0.25, 0.3) is 0 Å². The molecule has 0 fully saturated rings. The lowest BCUT2D eigenvalue weighted by Crippen LogP contribution is -1.95. The average Bonchev–Trinajstić information content (AvgIpc) is 2.45. The zero-order valence-electron chi connectivity index (χ0n) is 11.9. The summed E-state index contributed by atoms with van der Waals surface area (Å²) in [5.41, 5.74) is 0. The van der Waals surface area contributed by atoms with Gasteiger partial charge in [-0.25, -0.2) is 0 Å². The van der Waals surface area contributed by atoms with Gasteiger partial charge in [0.15, 0.2) is 0 Å². The van der Waals surface area contributed by atoms with E-state index in [9.17, 15) is 0 Å². The van der Waals surface area contributed by atoms with Gasteiger partial charge in [-0.2, -0.15) is 0 Å². The van der Waals surface area contributed by atoms with Crippen LogP contribution in [0.3, 0.4) is 0 Å². The molecule has 0 heterocycles. The smallest absolute Gasteiger partial charge is 0.133 e. The Bertz CT molecular complexity index is 564. The molecule has 0 unspecified atom stereocenters. The van der Waals surface area contributed by atoms with Crippen molar-refractivity contribution in [3.05, 3.63) is 46.4 Å². The van der Waals surface area contributed by atoms with E-state index in [-0.39, 0.29) is 0 Å². The lowest BCUT2D eigenvalue weighted by Gasteiger charge is -2.13. The van der Waals surface area contributed by atoms with Crippen molar-refractivity contribution in [2.75, 3.05) is 13.2 Å². The zero-order valence-corrected chi connectivity index (χ0v) is 14.2. The first-order valence-electron chi connectivity index (χ1n) is 6.66. The Kier molecular flexibility index (Phi) is 6.09. The summed E-state index contributed by atoms with van der Waals surface area (Å²) in [7, 11) is 0. The molecule has 0 saturated carbocycles. The van der Waals surface area contributed by atoms with Gasteiger partial charge in [0.2, 0.25) is 0 Å².